The van der Waals surface area contributed by atoms with Gasteiger partial charge in [0.1, 0.15) is 0 Å². The first-order valence-corrected chi connectivity index (χ1v) is 4.66. The van der Waals surface area contributed by atoms with Crippen LogP contribution < -0.4 is 0 Å². The van der Waals surface area contributed by atoms with Gasteiger partial charge in [-0.1, -0.05) is 23.7 Å². The van der Waals surface area contributed by atoms with Gasteiger partial charge in [-0.25, -0.2) is 4.79 Å². The molecule has 0 heterocycles. The van der Waals surface area contributed by atoms with Gasteiger partial charge in [0.05, 0.1) is 7.11 Å². The third kappa shape index (κ3) is 1.42. The molecule has 1 aliphatic rings. The van der Waals surface area contributed by atoms with E-state index in [-0.39, 0.29) is 5.97 Å². The Morgan fingerprint density at radius 3 is 2.93 bits per heavy atom. The summed E-state index contributed by atoms with van der Waals surface area (Å²) in [5, 5.41) is 0.682. The maximum Gasteiger partial charge on any atom is 0.334 e. The van der Waals surface area contributed by atoms with Crippen molar-refractivity contribution in [2.75, 3.05) is 7.11 Å². The lowest BCUT2D eigenvalue weighted by Crippen LogP contribution is -2.03. The second kappa shape index (κ2) is 3.46. The number of ether oxygens (including phenoxy) is 1. The highest BCUT2D eigenvalue weighted by molar-refractivity contribution is 6.32. The third-order valence-electron chi connectivity index (χ3n) is 2.29. The number of esters is 1. The van der Waals surface area contributed by atoms with E-state index in [1.54, 1.807) is 6.08 Å². The lowest BCUT2D eigenvalue weighted by Gasteiger charge is -1.99. The number of halogens is 1. The molecule has 0 saturated carbocycles. The number of hydrogen-bond acceptors (Lipinski definition) is 2. The predicted octanol–water partition coefficient (Wildman–Crippen LogP) is 2.45. The quantitative estimate of drug-likeness (QED) is 0.663. The van der Waals surface area contributed by atoms with E-state index in [1.165, 1.54) is 7.11 Å². The van der Waals surface area contributed by atoms with Crippen LogP contribution in [0.3, 0.4) is 0 Å². The topological polar surface area (TPSA) is 26.3 Å². The molecule has 0 N–H and O–H groups in total. The largest absolute Gasteiger partial charge is 0.466 e. The fourth-order valence-corrected chi connectivity index (χ4v) is 1.84. The van der Waals surface area contributed by atoms with Gasteiger partial charge in [0.2, 0.25) is 0 Å². The number of carbonyl (C=O) groups is 1. The van der Waals surface area contributed by atoms with Crippen molar-refractivity contribution < 1.29 is 9.53 Å². The molecule has 2 rings (SSSR count). The van der Waals surface area contributed by atoms with Gasteiger partial charge in [0, 0.05) is 17.0 Å². The van der Waals surface area contributed by atoms with Crippen molar-refractivity contribution in [3.8, 4) is 0 Å². The van der Waals surface area contributed by atoms with E-state index in [2.05, 4.69) is 4.74 Å². The Hall–Kier alpha value is -1.28. The highest BCUT2D eigenvalue weighted by Crippen LogP contribution is 2.30. The van der Waals surface area contributed by atoms with Crippen LogP contribution >= 0.6 is 11.6 Å². The third-order valence-corrected chi connectivity index (χ3v) is 2.62. The molecule has 0 unspecified atom stereocenters. The molecule has 0 bridgehead atoms. The van der Waals surface area contributed by atoms with E-state index < -0.39 is 0 Å². The molecule has 0 atom stereocenters. The SMILES string of the molecule is COC(=O)C1=Cc2c(Cl)cccc2C1. The van der Waals surface area contributed by atoms with Gasteiger partial charge in [-0.05, 0) is 23.3 Å². The summed E-state index contributed by atoms with van der Waals surface area (Å²) in [7, 11) is 1.38. The van der Waals surface area contributed by atoms with Gasteiger partial charge in [-0.3, -0.25) is 0 Å². The Kier molecular flexibility index (Phi) is 2.30. The second-order valence-corrected chi connectivity index (χ2v) is 3.56. The zero-order chi connectivity index (χ0) is 10.1. The second-order valence-electron chi connectivity index (χ2n) is 3.15. The van der Waals surface area contributed by atoms with Gasteiger partial charge in [0.25, 0.3) is 0 Å². The van der Waals surface area contributed by atoms with Crippen LogP contribution in [0.2, 0.25) is 5.02 Å². The van der Waals surface area contributed by atoms with E-state index >= 15 is 0 Å². The Labute approximate surface area is 87.1 Å². The molecule has 0 radical (unpaired) electrons. The van der Waals surface area contributed by atoms with Crippen LogP contribution in [-0.4, -0.2) is 13.1 Å². The van der Waals surface area contributed by atoms with Crippen molar-refractivity contribution in [1.82, 2.24) is 0 Å². The number of methoxy groups -OCH3 is 1. The molecule has 0 aliphatic heterocycles. The monoisotopic (exact) mass is 208 g/mol. The highest BCUT2D eigenvalue weighted by atomic mass is 35.5. The smallest absolute Gasteiger partial charge is 0.334 e. The molecule has 2 nitrogen and oxygen atoms in total. The van der Waals surface area contributed by atoms with Crippen molar-refractivity contribution in [2.45, 2.75) is 6.42 Å². The normalized spacial score (nSPS) is 13.4. The molecule has 1 aromatic rings. The minimum absolute atomic E-state index is 0.280. The van der Waals surface area contributed by atoms with Gasteiger partial charge in [0.15, 0.2) is 0 Å². The average molecular weight is 209 g/mol. The van der Waals surface area contributed by atoms with E-state index in [1.807, 2.05) is 18.2 Å². The molecular formula is C11H9ClO2. The summed E-state index contributed by atoms with van der Waals surface area (Å²) in [5.41, 5.74) is 2.68. The van der Waals surface area contributed by atoms with E-state index in [0.29, 0.717) is 17.0 Å². The summed E-state index contributed by atoms with van der Waals surface area (Å²) in [6.45, 7) is 0. The lowest BCUT2D eigenvalue weighted by molar-refractivity contribution is -0.136. The molecule has 0 aromatic heterocycles. The molecule has 0 fully saturated rings. The van der Waals surface area contributed by atoms with Crippen LogP contribution in [0.25, 0.3) is 6.08 Å². The first-order valence-electron chi connectivity index (χ1n) is 4.28. The Bertz CT molecular complexity index is 421. The molecule has 72 valence electrons. The first kappa shape index (κ1) is 9.28. The van der Waals surface area contributed by atoms with Gasteiger partial charge >= 0.3 is 5.97 Å². The van der Waals surface area contributed by atoms with Gasteiger partial charge in [-0.2, -0.15) is 0 Å². The van der Waals surface area contributed by atoms with Crippen LogP contribution in [0.4, 0.5) is 0 Å². The molecular weight excluding hydrogens is 200 g/mol. The number of benzene rings is 1. The highest BCUT2D eigenvalue weighted by Gasteiger charge is 2.20. The van der Waals surface area contributed by atoms with Gasteiger partial charge < -0.3 is 4.74 Å². The van der Waals surface area contributed by atoms with E-state index in [4.69, 9.17) is 11.6 Å². The lowest BCUT2D eigenvalue weighted by atomic mass is 10.1. The van der Waals surface area contributed by atoms with Crippen molar-refractivity contribution in [1.29, 1.82) is 0 Å². The molecule has 14 heavy (non-hydrogen) atoms. The van der Waals surface area contributed by atoms with Crippen molar-refractivity contribution in [3.63, 3.8) is 0 Å². The van der Waals surface area contributed by atoms with Crippen LogP contribution in [0.1, 0.15) is 11.1 Å². The molecule has 0 spiro atoms. The fraction of sp³-hybridized carbons (Fsp3) is 0.182. The van der Waals surface area contributed by atoms with Crippen LogP contribution in [0, 0.1) is 0 Å². The van der Waals surface area contributed by atoms with Crippen molar-refractivity contribution >= 4 is 23.6 Å². The molecule has 0 amide bonds. The molecule has 0 saturated heterocycles. The minimum atomic E-state index is -0.280. The summed E-state index contributed by atoms with van der Waals surface area (Å²) in [4.78, 5) is 11.3. The summed E-state index contributed by atoms with van der Waals surface area (Å²) in [6.07, 6.45) is 2.41. The summed E-state index contributed by atoms with van der Waals surface area (Å²) in [6, 6.07) is 5.67. The van der Waals surface area contributed by atoms with Crippen molar-refractivity contribution in [3.05, 3.63) is 39.9 Å². The van der Waals surface area contributed by atoms with E-state index in [9.17, 15) is 4.79 Å². The Morgan fingerprint density at radius 1 is 1.50 bits per heavy atom. The number of carbonyl (C=O) groups excluding carboxylic acids is 1. The molecule has 1 aromatic carbocycles. The molecule has 1 aliphatic carbocycles. The number of hydrogen-bond donors (Lipinski definition) is 0. The predicted molar refractivity (Wildman–Crippen MR) is 55.1 cm³/mol. The Morgan fingerprint density at radius 2 is 2.29 bits per heavy atom. The zero-order valence-corrected chi connectivity index (χ0v) is 8.47. The Balaban J connectivity index is 2.39. The van der Waals surface area contributed by atoms with Crippen LogP contribution in [-0.2, 0) is 16.0 Å². The van der Waals surface area contributed by atoms with E-state index in [0.717, 1.165) is 11.1 Å². The minimum Gasteiger partial charge on any atom is -0.466 e. The number of rotatable bonds is 1. The van der Waals surface area contributed by atoms with Crippen LogP contribution in [0.5, 0.6) is 0 Å². The summed E-state index contributed by atoms with van der Waals surface area (Å²) < 4.78 is 4.65. The average Bonchev–Trinajstić information content (AvgIpc) is 2.62. The fourth-order valence-electron chi connectivity index (χ4n) is 1.59. The number of fused-ring (bicyclic) bond motifs is 1. The summed E-state index contributed by atoms with van der Waals surface area (Å²) in [5.74, 6) is -0.280. The van der Waals surface area contributed by atoms with Gasteiger partial charge in [-0.15, -0.1) is 0 Å². The maximum atomic E-state index is 11.3. The zero-order valence-electron chi connectivity index (χ0n) is 7.71. The maximum absolute atomic E-state index is 11.3. The van der Waals surface area contributed by atoms with Crippen LogP contribution in [0.15, 0.2) is 23.8 Å². The summed E-state index contributed by atoms with van der Waals surface area (Å²) >= 11 is 5.99. The first-order chi connectivity index (χ1) is 6.72. The standard InChI is InChI=1S/C11H9ClO2/c1-14-11(13)8-5-7-3-2-4-10(12)9(7)6-8/h2-4,6H,5H2,1H3. The van der Waals surface area contributed by atoms with Crippen molar-refractivity contribution in [2.24, 2.45) is 0 Å². The molecule has 3 heteroatoms.